The first-order chi connectivity index (χ1) is 12.5. The lowest BCUT2D eigenvalue weighted by Crippen LogP contribution is -2.27. The van der Waals surface area contributed by atoms with E-state index in [1.165, 1.54) is 14.2 Å². The predicted molar refractivity (Wildman–Crippen MR) is 99.6 cm³/mol. The molecule has 1 amide bonds. The van der Waals surface area contributed by atoms with Gasteiger partial charge in [0.25, 0.3) is 5.91 Å². The smallest absolute Gasteiger partial charge is 0.256 e. The molecule has 0 heterocycles. The molecule has 2 rings (SSSR count). The number of aliphatic hydroxyl groups excluding tert-OH is 2. The van der Waals surface area contributed by atoms with Gasteiger partial charge in [0.1, 0.15) is 17.1 Å². The molecular formula is C20H22N2O4. The fourth-order valence-corrected chi connectivity index (χ4v) is 2.49. The van der Waals surface area contributed by atoms with Crippen molar-refractivity contribution in [3.05, 3.63) is 77.1 Å². The highest BCUT2D eigenvalue weighted by atomic mass is 16.5. The van der Waals surface area contributed by atoms with Crippen molar-refractivity contribution in [2.45, 2.75) is 12.5 Å². The van der Waals surface area contributed by atoms with E-state index in [4.69, 9.17) is 10.1 Å². The largest absolute Gasteiger partial charge is 0.511 e. The Morgan fingerprint density at radius 2 is 1.77 bits per heavy atom. The molecule has 2 aromatic rings. The standard InChI is InChI=1S/C20H22N2O4/c1-22-20(25)18(19(21)14-8-10-15(26-2)11-9-14)17(24)12-16(23)13-6-4-3-5-7-13/h3-11,16,21,23-24H,12H2,1-2H3,(H,22,25)/b18-17+,21-19?. The van der Waals surface area contributed by atoms with E-state index in [0.717, 1.165) is 0 Å². The second kappa shape index (κ2) is 8.82. The van der Waals surface area contributed by atoms with Crippen LogP contribution < -0.4 is 10.1 Å². The van der Waals surface area contributed by atoms with Crippen LogP contribution in [0.2, 0.25) is 0 Å². The summed E-state index contributed by atoms with van der Waals surface area (Å²) in [5.41, 5.74) is 0.758. The van der Waals surface area contributed by atoms with Crippen molar-refractivity contribution in [1.82, 2.24) is 5.32 Å². The van der Waals surface area contributed by atoms with Crippen LogP contribution >= 0.6 is 0 Å². The molecule has 0 radical (unpaired) electrons. The summed E-state index contributed by atoms with van der Waals surface area (Å²) in [4.78, 5) is 12.2. The molecule has 0 bridgehead atoms. The average Bonchev–Trinajstić information content (AvgIpc) is 2.68. The average molecular weight is 354 g/mol. The van der Waals surface area contributed by atoms with E-state index >= 15 is 0 Å². The normalized spacial score (nSPS) is 12.7. The summed E-state index contributed by atoms with van der Waals surface area (Å²) in [6.45, 7) is 0. The van der Waals surface area contributed by atoms with Crippen LogP contribution in [0.5, 0.6) is 5.75 Å². The minimum atomic E-state index is -0.987. The quantitative estimate of drug-likeness (QED) is 0.349. The lowest BCUT2D eigenvalue weighted by atomic mass is 9.97. The SMILES string of the molecule is CNC(=O)/C(C(=N)c1ccc(OC)cc1)=C(/O)CC(O)c1ccccc1. The van der Waals surface area contributed by atoms with Crippen molar-refractivity contribution >= 4 is 11.6 Å². The Balaban J connectivity index is 2.33. The monoisotopic (exact) mass is 354 g/mol. The van der Waals surface area contributed by atoms with E-state index in [-0.39, 0.29) is 23.5 Å². The molecule has 26 heavy (non-hydrogen) atoms. The number of rotatable bonds is 7. The number of nitrogens with one attached hydrogen (secondary N) is 2. The molecule has 0 aliphatic heterocycles. The topological polar surface area (TPSA) is 103 Å². The van der Waals surface area contributed by atoms with Crippen LogP contribution in [0.4, 0.5) is 0 Å². The highest BCUT2D eigenvalue weighted by Gasteiger charge is 2.22. The Morgan fingerprint density at radius 3 is 2.31 bits per heavy atom. The van der Waals surface area contributed by atoms with Crippen LogP contribution in [0.1, 0.15) is 23.7 Å². The van der Waals surface area contributed by atoms with Crippen LogP contribution in [-0.4, -0.2) is 36.0 Å². The number of amides is 1. The van der Waals surface area contributed by atoms with E-state index < -0.39 is 12.0 Å². The minimum absolute atomic E-state index is 0.134. The maximum atomic E-state index is 12.2. The van der Waals surface area contributed by atoms with Crippen LogP contribution in [0.3, 0.4) is 0 Å². The van der Waals surface area contributed by atoms with Crippen molar-refractivity contribution in [2.24, 2.45) is 0 Å². The van der Waals surface area contributed by atoms with Gasteiger partial charge >= 0.3 is 0 Å². The molecule has 1 atom stereocenters. The van der Waals surface area contributed by atoms with Gasteiger partial charge in [-0.2, -0.15) is 0 Å². The number of hydrogen-bond donors (Lipinski definition) is 4. The molecule has 1 unspecified atom stereocenters. The van der Waals surface area contributed by atoms with Crippen molar-refractivity contribution < 1.29 is 19.7 Å². The summed E-state index contributed by atoms with van der Waals surface area (Å²) in [6, 6.07) is 15.4. The number of carbonyl (C=O) groups is 1. The van der Waals surface area contributed by atoms with Gasteiger partial charge in [0.15, 0.2) is 0 Å². The zero-order valence-electron chi connectivity index (χ0n) is 14.7. The molecule has 2 aromatic carbocycles. The van der Waals surface area contributed by atoms with Crippen LogP contribution in [0, 0.1) is 5.41 Å². The summed E-state index contributed by atoms with van der Waals surface area (Å²) in [6.07, 6.45) is -1.16. The minimum Gasteiger partial charge on any atom is -0.511 e. The van der Waals surface area contributed by atoms with E-state index in [1.54, 1.807) is 48.5 Å². The lowest BCUT2D eigenvalue weighted by Gasteiger charge is -2.15. The third kappa shape index (κ3) is 4.49. The Bertz CT molecular complexity index is 798. The van der Waals surface area contributed by atoms with Crippen molar-refractivity contribution in [2.75, 3.05) is 14.2 Å². The van der Waals surface area contributed by atoms with Crippen molar-refractivity contribution in [3.63, 3.8) is 0 Å². The third-order valence-electron chi connectivity index (χ3n) is 3.94. The first kappa shape index (κ1) is 19.2. The van der Waals surface area contributed by atoms with Crippen LogP contribution in [0.25, 0.3) is 0 Å². The maximum absolute atomic E-state index is 12.2. The van der Waals surface area contributed by atoms with Gasteiger partial charge < -0.3 is 20.3 Å². The summed E-state index contributed by atoms with van der Waals surface area (Å²) in [5.74, 6) is -0.319. The van der Waals surface area contributed by atoms with E-state index in [0.29, 0.717) is 16.9 Å². The number of carbonyl (C=O) groups excluding carboxylic acids is 1. The summed E-state index contributed by atoms with van der Waals surface area (Å²) in [5, 5.41) is 31.5. The fraction of sp³-hybridized carbons (Fsp3) is 0.200. The Kier molecular flexibility index (Phi) is 6.52. The summed E-state index contributed by atoms with van der Waals surface area (Å²) < 4.78 is 5.08. The Hall–Kier alpha value is -3.12. The molecule has 0 fully saturated rings. The number of likely N-dealkylation sites (N-methyl/N-ethyl adjacent to an activating group) is 1. The Labute approximate surface area is 152 Å². The van der Waals surface area contributed by atoms with Crippen LogP contribution in [0.15, 0.2) is 65.9 Å². The molecule has 0 aliphatic carbocycles. The van der Waals surface area contributed by atoms with Crippen LogP contribution in [-0.2, 0) is 4.79 Å². The fourth-order valence-electron chi connectivity index (χ4n) is 2.49. The molecule has 0 spiro atoms. The Morgan fingerprint density at radius 1 is 1.15 bits per heavy atom. The zero-order valence-corrected chi connectivity index (χ0v) is 14.7. The molecule has 6 heteroatoms. The molecule has 0 aromatic heterocycles. The number of benzene rings is 2. The van der Waals surface area contributed by atoms with Crippen molar-refractivity contribution in [1.29, 1.82) is 5.41 Å². The first-order valence-corrected chi connectivity index (χ1v) is 8.08. The highest BCUT2D eigenvalue weighted by molar-refractivity contribution is 6.27. The third-order valence-corrected chi connectivity index (χ3v) is 3.94. The van der Waals surface area contributed by atoms with E-state index in [2.05, 4.69) is 5.32 Å². The molecule has 0 saturated carbocycles. The predicted octanol–water partition coefficient (Wildman–Crippen LogP) is 2.74. The lowest BCUT2D eigenvalue weighted by molar-refractivity contribution is -0.116. The number of methoxy groups -OCH3 is 1. The van der Waals surface area contributed by atoms with Gasteiger partial charge in [-0.15, -0.1) is 0 Å². The summed E-state index contributed by atoms with van der Waals surface area (Å²) >= 11 is 0. The van der Waals surface area contributed by atoms with Gasteiger partial charge in [0.05, 0.1) is 18.9 Å². The first-order valence-electron chi connectivity index (χ1n) is 8.08. The van der Waals surface area contributed by atoms with E-state index in [1.807, 2.05) is 6.07 Å². The number of aliphatic hydroxyl groups is 2. The van der Waals surface area contributed by atoms with Gasteiger partial charge in [-0.3, -0.25) is 10.2 Å². The molecule has 136 valence electrons. The van der Waals surface area contributed by atoms with Gasteiger partial charge in [-0.1, -0.05) is 30.3 Å². The van der Waals surface area contributed by atoms with Crippen molar-refractivity contribution in [3.8, 4) is 5.75 Å². The molecule has 6 nitrogen and oxygen atoms in total. The zero-order chi connectivity index (χ0) is 19.1. The summed E-state index contributed by atoms with van der Waals surface area (Å²) in [7, 11) is 2.96. The van der Waals surface area contributed by atoms with Gasteiger partial charge in [-0.25, -0.2) is 0 Å². The van der Waals surface area contributed by atoms with Gasteiger partial charge in [-0.05, 0) is 29.8 Å². The van der Waals surface area contributed by atoms with Gasteiger partial charge in [0.2, 0.25) is 0 Å². The van der Waals surface area contributed by atoms with E-state index in [9.17, 15) is 15.0 Å². The molecule has 4 N–H and O–H groups in total. The molecule has 0 aliphatic rings. The highest BCUT2D eigenvalue weighted by Crippen LogP contribution is 2.23. The molecule has 0 saturated heterocycles. The second-order valence-electron chi connectivity index (χ2n) is 5.63. The van der Waals surface area contributed by atoms with Gasteiger partial charge in [0, 0.05) is 19.0 Å². The molecular weight excluding hydrogens is 332 g/mol. The number of ether oxygens (including phenoxy) is 1. The maximum Gasteiger partial charge on any atom is 0.256 e. The second-order valence-corrected chi connectivity index (χ2v) is 5.63. The number of hydrogen-bond acceptors (Lipinski definition) is 5.